The molecule has 1 aliphatic rings. The van der Waals surface area contributed by atoms with Crippen LogP contribution < -0.4 is 9.47 Å². The van der Waals surface area contributed by atoms with Gasteiger partial charge in [0, 0.05) is 0 Å². The van der Waals surface area contributed by atoms with Gasteiger partial charge in [0.05, 0.1) is 19.1 Å². The van der Waals surface area contributed by atoms with Crippen LogP contribution in [0.1, 0.15) is 25.8 Å². The van der Waals surface area contributed by atoms with Crippen LogP contribution in [0.3, 0.4) is 0 Å². The third-order valence-electron chi connectivity index (χ3n) is 3.82. The Labute approximate surface area is 162 Å². The van der Waals surface area contributed by atoms with Crippen molar-refractivity contribution in [3.8, 4) is 11.5 Å². The van der Waals surface area contributed by atoms with E-state index in [1.807, 2.05) is 13.8 Å². The van der Waals surface area contributed by atoms with Crippen molar-refractivity contribution in [2.45, 2.75) is 26.3 Å². The molecule has 0 aromatic heterocycles. The zero-order chi connectivity index (χ0) is 19.4. The first-order valence-electron chi connectivity index (χ1n) is 8.00. The number of ether oxygens (including phenoxy) is 2. The summed E-state index contributed by atoms with van der Waals surface area (Å²) >= 11 is 6.37. The second-order valence-corrected chi connectivity index (χ2v) is 7.83. The molecule has 2 rings (SSSR count). The number of nitrogens with zero attached hydrogens (tertiary/aromatic N) is 1. The first-order valence-corrected chi connectivity index (χ1v) is 9.22. The quantitative estimate of drug-likeness (QED) is 0.560. The Morgan fingerprint density at radius 3 is 2.50 bits per heavy atom. The van der Waals surface area contributed by atoms with E-state index in [9.17, 15) is 14.7 Å². The van der Waals surface area contributed by atoms with Gasteiger partial charge in [-0.1, -0.05) is 43.9 Å². The van der Waals surface area contributed by atoms with Gasteiger partial charge in [-0.25, -0.2) is 4.79 Å². The number of carboxylic acid groups (broad SMARTS) is 1. The summed E-state index contributed by atoms with van der Waals surface area (Å²) in [6.07, 6.45) is 2.01. The monoisotopic (exact) mass is 395 g/mol. The number of thioether (sulfide) groups is 1. The van der Waals surface area contributed by atoms with E-state index in [0.29, 0.717) is 22.8 Å². The lowest BCUT2D eigenvalue weighted by Gasteiger charge is -2.24. The molecule has 0 aliphatic carbocycles. The third-order valence-corrected chi connectivity index (χ3v) is 5.15. The molecule has 0 bridgehead atoms. The van der Waals surface area contributed by atoms with Crippen molar-refractivity contribution in [1.29, 1.82) is 0 Å². The lowest BCUT2D eigenvalue weighted by atomic mass is 10.0. The topological polar surface area (TPSA) is 76.1 Å². The van der Waals surface area contributed by atoms with E-state index in [0.717, 1.165) is 17.3 Å². The Balaban J connectivity index is 2.32. The summed E-state index contributed by atoms with van der Waals surface area (Å²) in [4.78, 5) is 26.0. The molecule has 8 heteroatoms. The number of carbonyl (C=O) groups excluding carboxylic acids is 1. The van der Waals surface area contributed by atoms with E-state index in [1.54, 1.807) is 31.4 Å². The molecule has 0 radical (unpaired) electrons. The fourth-order valence-corrected chi connectivity index (χ4v) is 3.96. The summed E-state index contributed by atoms with van der Waals surface area (Å²) in [5.41, 5.74) is 0.735. The van der Waals surface area contributed by atoms with Crippen LogP contribution in [0.4, 0.5) is 0 Å². The van der Waals surface area contributed by atoms with Crippen molar-refractivity contribution < 1.29 is 24.2 Å². The summed E-state index contributed by atoms with van der Waals surface area (Å²) in [6, 6.07) is 4.31. The van der Waals surface area contributed by atoms with Crippen LogP contribution in [0.25, 0.3) is 6.08 Å². The molecule has 1 aromatic carbocycles. The Morgan fingerprint density at radius 1 is 1.31 bits per heavy atom. The Kier molecular flexibility index (Phi) is 6.66. The average molecular weight is 396 g/mol. The highest BCUT2D eigenvalue weighted by molar-refractivity contribution is 8.26. The summed E-state index contributed by atoms with van der Waals surface area (Å²) in [5.74, 6) is -0.194. The van der Waals surface area contributed by atoms with Gasteiger partial charge in [-0.05, 0) is 36.1 Å². The molecule has 140 valence electrons. The minimum absolute atomic E-state index is 0.121. The highest BCUT2D eigenvalue weighted by Gasteiger charge is 2.40. The number of aliphatic carboxylic acids is 1. The minimum atomic E-state index is -1.05. The van der Waals surface area contributed by atoms with Crippen LogP contribution in [0.2, 0.25) is 0 Å². The van der Waals surface area contributed by atoms with Gasteiger partial charge in [0.1, 0.15) is 10.4 Å². The molecule has 1 heterocycles. The lowest BCUT2D eigenvalue weighted by molar-refractivity contribution is -0.145. The van der Waals surface area contributed by atoms with Crippen LogP contribution in [0, 0.1) is 5.92 Å². The second kappa shape index (κ2) is 8.55. The maximum absolute atomic E-state index is 12.8. The van der Waals surface area contributed by atoms with E-state index < -0.39 is 12.0 Å². The average Bonchev–Trinajstić information content (AvgIpc) is 2.86. The summed E-state index contributed by atoms with van der Waals surface area (Å²) < 4.78 is 10.7. The number of hydrogen-bond donors (Lipinski definition) is 1. The zero-order valence-electron chi connectivity index (χ0n) is 15.0. The van der Waals surface area contributed by atoms with Gasteiger partial charge >= 0.3 is 5.97 Å². The summed E-state index contributed by atoms with van der Waals surface area (Å²) in [7, 11) is 3.08. The molecule has 6 nitrogen and oxygen atoms in total. The van der Waals surface area contributed by atoms with Crippen molar-refractivity contribution in [1.82, 2.24) is 4.90 Å². The SMILES string of the molecule is COc1ccc(/C=C2\SC(=S)N(C(CC(C)C)C(=O)O)C2=O)cc1OC. The molecule has 0 saturated carbocycles. The van der Waals surface area contributed by atoms with Gasteiger partial charge in [0.2, 0.25) is 0 Å². The van der Waals surface area contributed by atoms with Crippen LogP contribution >= 0.6 is 24.0 Å². The number of thiocarbonyl (C=S) groups is 1. The first-order chi connectivity index (χ1) is 12.3. The van der Waals surface area contributed by atoms with Crippen molar-refractivity contribution in [3.63, 3.8) is 0 Å². The summed E-state index contributed by atoms with van der Waals surface area (Å²) in [6.45, 7) is 3.82. The fourth-order valence-electron chi connectivity index (χ4n) is 2.61. The number of hydrogen-bond acceptors (Lipinski definition) is 6. The number of methoxy groups -OCH3 is 2. The van der Waals surface area contributed by atoms with Crippen molar-refractivity contribution in [2.24, 2.45) is 5.92 Å². The van der Waals surface area contributed by atoms with Crippen molar-refractivity contribution in [2.75, 3.05) is 14.2 Å². The molecule has 0 spiro atoms. The largest absolute Gasteiger partial charge is 0.493 e. The zero-order valence-corrected chi connectivity index (χ0v) is 16.6. The van der Waals surface area contributed by atoms with Crippen molar-refractivity contribution >= 4 is 46.3 Å². The Hall–Kier alpha value is -2.06. The molecule has 1 atom stereocenters. The molecule has 1 fully saturated rings. The third kappa shape index (κ3) is 4.37. The van der Waals surface area contributed by atoms with Gasteiger partial charge in [-0.15, -0.1) is 0 Å². The molecule has 1 saturated heterocycles. The van der Waals surface area contributed by atoms with Crippen LogP contribution in [0.5, 0.6) is 11.5 Å². The smallest absolute Gasteiger partial charge is 0.326 e. The molecule has 1 aliphatic heterocycles. The maximum atomic E-state index is 12.8. The van der Waals surface area contributed by atoms with E-state index in [-0.39, 0.29) is 16.1 Å². The van der Waals surface area contributed by atoms with Gasteiger partial charge in [0.25, 0.3) is 5.91 Å². The highest BCUT2D eigenvalue weighted by atomic mass is 32.2. The molecule has 26 heavy (non-hydrogen) atoms. The van der Waals surface area contributed by atoms with Crippen LogP contribution in [-0.2, 0) is 9.59 Å². The number of carbonyl (C=O) groups is 2. The van der Waals surface area contributed by atoms with Gasteiger partial charge < -0.3 is 14.6 Å². The highest BCUT2D eigenvalue weighted by Crippen LogP contribution is 2.36. The molecular formula is C18H21NO5S2. The van der Waals surface area contributed by atoms with Crippen molar-refractivity contribution in [3.05, 3.63) is 28.7 Å². The normalized spacial score (nSPS) is 17.1. The predicted octanol–water partition coefficient (Wildman–Crippen LogP) is 3.40. The predicted molar refractivity (Wildman–Crippen MR) is 105 cm³/mol. The van der Waals surface area contributed by atoms with E-state index in [4.69, 9.17) is 21.7 Å². The number of carboxylic acids is 1. The van der Waals surface area contributed by atoms with Gasteiger partial charge in [-0.3, -0.25) is 9.69 Å². The molecule has 1 amide bonds. The standard InChI is InChI=1S/C18H21NO5S2/c1-10(2)7-12(17(21)22)19-16(20)15(26-18(19)25)9-11-5-6-13(23-3)14(8-11)24-4/h5-6,8-10,12H,7H2,1-4H3,(H,21,22)/b15-9-. The maximum Gasteiger partial charge on any atom is 0.326 e. The first kappa shape index (κ1) is 20.3. The molecular weight excluding hydrogens is 374 g/mol. The minimum Gasteiger partial charge on any atom is -0.493 e. The number of rotatable bonds is 7. The second-order valence-electron chi connectivity index (χ2n) is 6.15. The van der Waals surface area contributed by atoms with E-state index >= 15 is 0 Å². The van der Waals surface area contributed by atoms with Crippen LogP contribution in [0.15, 0.2) is 23.1 Å². The number of benzene rings is 1. The lowest BCUT2D eigenvalue weighted by Crippen LogP contribution is -2.44. The van der Waals surface area contributed by atoms with E-state index in [2.05, 4.69) is 0 Å². The molecule has 1 aromatic rings. The molecule has 1 unspecified atom stereocenters. The summed E-state index contributed by atoms with van der Waals surface area (Å²) in [5, 5.41) is 9.51. The Morgan fingerprint density at radius 2 is 1.96 bits per heavy atom. The molecule has 1 N–H and O–H groups in total. The number of amides is 1. The van der Waals surface area contributed by atoms with E-state index in [1.165, 1.54) is 12.0 Å². The fraction of sp³-hybridized carbons (Fsp3) is 0.389. The van der Waals surface area contributed by atoms with Gasteiger partial charge in [-0.2, -0.15) is 0 Å². The Bertz CT molecular complexity index is 760. The van der Waals surface area contributed by atoms with Gasteiger partial charge in [0.15, 0.2) is 11.5 Å². The van der Waals surface area contributed by atoms with Crippen LogP contribution in [-0.4, -0.2) is 46.5 Å².